The molecule has 1 saturated heterocycles. The van der Waals surface area contributed by atoms with Crippen molar-refractivity contribution in [3.8, 4) is 5.75 Å². The van der Waals surface area contributed by atoms with Crippen LogP contribution >= 0.6 is 0 Å². The number of hydrogen-bond acceptors (Lipinski definition) is 3. The van der Waals surface area contributed by atoms with E-state index in [0.717, 1.165) is 25.3 Å². The lowest BCUT2D eigenvalue weighted by Crippen LogP contribution is -2.19. The number of likely N-dealkylation sites (tertiary alicyclic amines) is 1. The van der Waals surface area contributed by atoms with E-state index >= 15 is 0 Å². The zero-order chi connectivity index (χ0) is 13.7. The van der Waals surface area contributed by atoms with Gasteiger partial charge in [0.25, 0.3) is 0 Å². The summed E-state index contributed by atoms with van der Waals surface area (Å²) < 4.78 is 5.50. The Labute approximate surface area is 116 Å². The summed E-state index contributed by atoms with van der Waals surface area (Å²) in [6, 6.07) is 6.58. The largest absolute Gasteiger partial charge is 0.496 e. The van der Waals surface area contributed by atoms with Crippen molar-refractivity contribution in [2.45, 2.75) is 38.6 Å². The molecule has 0 saturated carbocycles. The number of hydrogen-bond donors (Lipinski definition) is 1. The molecule has 0 amide bonds. The summed E-state index contributed by atoms with van der Waals surface area (Å²) in [6.07, 6.45) is 3.69. The summed E-state index contributed by atoms with van der Waals surface area (Å²) in [5.41, 5.74) is 8.35. The van der Waals surface area contributed by atoms with Crippen molar-refractivity contribution in [3.05, 3.63) is 29.3 Å². The van der Waals surface area contributed by atoms with E-state index in [1.54, 1.807) is 7.11 Å². The molecular formula is C16H26N2O. The maximum absolute atomic E-state index is 5.66. The summed E-state index contributed by atoms with van der Waals surface area (Å²) in [6.45, 7) is 6.42. The number of ether oxygens (including phenoxy) is 1. The second-order valence-corrected chi connectivity index (χ2v) is 5.53. The molecule has 1 aliphatic heterocycles. The molecule has 0 aromatic heterocycles. The lowest BCUT2D eigenvalue weighted by atomic mass is 9.95. The molecular weight excluding hydrogens is 236 g/mol. The third-order valence-corrected chi connectivity index (χ3v) is 4.07. The molecule has 1 aliphatic rings. The topological polar surface area (TPSA) is 38.5 Å². The first-order valence-electron chi connectivity index (χ1n) is 7.34. The summed E-state index contributed by atoms with van der Waals surface area (Å²) >= 11 is 0. The van der Waals surface area contributed by atoms with Crippen molar-refractivity contribution in [3.63, 3.8) is 0 Å². The third-order valence-electron chi connectivity index (χ3n) is 4.07. The molecule has 19 heavy (non-hydrogen) atoms. The zero-order valence-electron chi connectivity index (χ0n) is 12.2. The first-order chi connectivity index (χ1) is 9.24. The molecule has 3 heteroatoms. The van der Waals surface area contributed by atoms with E-state index in [-0.39, 0.29) is 0 Å². The Hall–Kier alpha value is -1.06. The van der Waals surface area contributed by atoms with Crippen LogP contribution in [0.2, 0.25) is 0 Å². The van der Waals surface area contributed by atoms with E-state index in [1.807, 2.05) is 0 Å². The summed E-state index contributed by atoms with van der Waals surface area (Å²) in [5.74, 6) is 1.53. The second kappa shape index (κ2) is 6.92. The first kappa shape index (κ1) is 14.4. The minimum Gasteiger partial charge on any atom is -0.496 e. The van der Waals surface area contributed by atoms with Crippen molar-refractivity contribution >= 4 is 0 Å². The van der Waals surface area contributed by atoms with Gasteiger partial charge in [-0.25, -0.2) is 0 Å². The van der Waals surface area contributed by atoms with Crippen LogP contribution in [0, 0.1) is 0 Å². The van der Waals surface area contributed by atoms with Crippen LogP contribution in [-0.4, -0.2) is 31.6 Å². The highest BCUT2D eigenvalue weighted by Crippen LogP contribution is 2.27. The smallest absolute Gasteiger partial charge is 0.123 e. The Bertz CT molecular complexity index is 400. The number of rotatable bonds is 6. The molecule has 1 unspecified atom stereocenters. The van der Waals surface area contributed by atoms with E-state index in [2.05, 4.69) is 30.0 Å². The monoisotopic (exact) mass is 262 g/mol. The number of nitrogens with two attached hydrogens (primary N) is 1. The summed E-state index contributed by atoms with van der Waals surface area (Å²) in [4.78, 5) is 2.51. The highest BCUT2D eigenvalue weighted by atomic mass is 16.5. The Morgan fingerprint density at radius 3 is 2.68 bits per heavy atom. The van der Waals surface area contributed by atoms with Gasteiger partial charge in [0.15, 0.2) is 0 Å². The molecule has 2 N–H and O–H groups in total. The average molecular weight is 262 g/mol. The van der Waals surface area contributed by atoms with Crippen LogP contribution in [0.25, 0.3) is 0 Å². The van der Waals surface area contributed by atoms with E-state index in [1.165, 1.54) is 37.1 Å². The predicted molar refractivity (Wildman–Crippen MR) is 79.6 cm³/mol. The van der Waals surface area contributed by atoms with Crippen LogP contribution in [0.15, 0.2) is 18.2 Å². The van der Waals surface area contributed by atoms with Gasteiger partial charge in [-0.15, -0.1) is 0 Å². The Morgan fingerprint density at radius 2 is 2.05 bits per heavy atom. The molecule has 2 rings (SSSR count). The third kappa shape index (κ3) is 3.71. The van der Waals surface area contributed by atoms with Gasteiger partial charge in [-0.2, -0.15) is 0 Å². The fourth-order valence-electron chi connectivity index (χ4n) is 2.83. The minimum atomic E-state index is 0.522. The van der Waals surface area contributed by atoms with E-state index in [4.69, 9.17) is 10.5 Å². The zero-order valence-corrected chi connectivity index (χ0v) is 12.2. The SMILES string of the molecule is COc1ccc(C(C)CCN)cc1CN1CCCC1. The molecule has 0 bridgehead atoms. The van der Waals surface area contributed by atoms with Gasteiger partial charge in [0, 0.05) is 12.1 Å². The predicted octanol–water partition coefficient (Wildman–Crippen LogP) is 2.74. The van der Waals surface area contributed by atoms with Crippen LogP contribution in [0.1, 0.15) is 43.2 Å². The maximum Gasteiger partial charge on any atom is 0.123 e. The highest BCUT2D eigenvalue weighted by Gasteiger charge is 2.15. The van der Waals surface area contributed by atoms with E-state index < -0.39 is 0 Å². The Balaban J connectivity index is 2.15. The van der Waals surface area contributed by atoms with Crippen molar-refractivity contribution in [1.29, 1.82) is 0 Å². The number of methoxy groups -OCH3 is 1. The van der Waals surface area contributed by atoms with Crippen molar-refractivity contribution in [2.75, 3.05) is 26.7 Å². The Kier molecular flexibility index (Phi) is 5.23. The molecule has 1 fully saturated rings. The van der Waals surface area contributed by atoms with Gasteiger partial charge >= 0.3 is 0 Å². The molecule has 1 aromatic carbocycles. The van der Waals surface area contributed by atoms with Crippen LogP contribution < -0.4 is 10.5 Å². The van der Waals surface area contributed by atoms with Crippen LogP contribution in [0.3, 0.4) is 0 Å². The van der Waals surface area contributed by atoms with Crippen molar-refractivity contribution in [1.82, 2.24) is 4.90 Å². The molecule has 106 valence electrons. The van der Waals surface area contributed by atoms with Crippen LogP contribution in [0.5, 0.6) is 5.75 Å². The lowest BCUT2D eigenvalue weighted by Gasteiger charge is -2.19. The maximum atomic E-state index is 5.66. The van der Waals surface area contributed by atoms with Gasteiger partial charge in [-0.1, -0.05) is 19.1 Å². The van der Waals surface area contributed by atoms with Gasteiger partial charge in [0.05, 0.1) is 7.11 Å². The summed E-state index contributed by atoms with van der Waals surface area (Å²) in [7, 11) is 1.76. The minimum absolute atomic E-state index is 0.522. The standard InChI is InChI=1S/C16H26N2O/c1-13(7-8-17)14-5-6-16(19-2)15(11-14)12-18-9-3-4-10-18/h5-6,11,13H,3-4,7-10,12,17H2,1-2H3. The van der Waals surface area contributed by atoms with Gasteiger partial charge in [0.1, 0.15) is 5.75 Å². The fourth-order valence-corrected chi connectivity index (χ4v) is 2.83. The van der Waals surface area contributed by atoms with Crippen LogP contribution in [-0.2, 0) is 6.54 Å². The second-order valence-electron chi connectivity index (χ2n) is 5.53. The fraction of sp³-hybridized carbons (Fsp3) is 0.625. The van der Waals surface area contributed by atoms with Crippen molar-refractivity contribution < 1.29 is 4.74 Å². The molecule has 0 radical (unpaired) electrons. The number of benzene rings is 1. The molecule has 0 spiro atoms. The average Bonchev–Trinajstić information content (AvgIpc) is 2.92. The molecule has 3 nitrogen and oxygen atoms in total. The number of nitrogens with zero attached hydrogens (tertiary/aromatic N) is 1. The quantitative estimate of drug-likeness (QED) is 0.856. The van der Waals surface area contributed by atoms with Crippen molar-refractivity contribution in [2.24, 2.45) is 5.73 Å². The van der Waals surface area contributed by atoms with Crippen LogP contribution in [0.4, 0.5) is 0 Å². The van der Waals surface area contributed by atoms with E-state index in [0.29, 0.717) is 5.92 Å². The van der Waals surface area contributed by atoms with Gasteiger partial charge < -0.3 is 10.5 Å². The van der Waals surface area contributed by atoms with E-state index in [9.17, 15) is 0 Å². The molecule has 1 atom stereocenters. The first-order valence-corrected chi connectivity index (χ1v) is 7.34. The lowest BCUT2D eigenvalue weighted by molar-refractivity contribution is 0.320. The normalized spacial score (nSPS) is 17.6. The molecule has 1 aromatic rings. The molecule has 1 heterocycles. The summed E-state index contributed by atoms with van der Waals surface area (Å²) in [5, 5.41) is 0. The van der Waals surface area contributed by atoms with Gasteiger partial charge in [-0.05, 0) is 56.4 Å². The highest BCUT2D eigenvalue weighted by molar-refractivity contribution is 5.38. The van der Waals surface area contributed by atoms with Gasteiger partial charge in [-0.3, -0.25) is 4.90 Å². The Morgan fingerprint density at radius 1 is 1.32 bits per heavy atom. The molecule has 0 aliphatic carbocycles. The van der Waals surface area contributed by atoms with Gasteiger partial charge in [0.2, 0.25) is 0 Å².